The van der Waals surface area contributed by atoms with Gasteiger partial charge in [0.25, 0.3) is 5.56 Å². The van der Waals surface area contributed by atoms with E-state index >= 15 is 0 Å². The number of urea groups is 1. The molecule has 8 heteroatoms. The van der Waals surface area contributed by atoms with Crippen molar-refractivity contribution in [2.45, 2.75) is 27.3 Å². The third-order valence-corrected chi connectivity index (χ3v) is 6.62. The van der Waals surface area contributed by atoms with Gasteiger partial charge in [-0.2, -0.15) is 0 Å². The largest absolute Gasteiger partial charge is 0.325 e. The van der Waals surface area contributed by atoms with Crippen LogP contribution in [0.15, 0.2) is 59.7 Å². The molecule has 3 amide bonds. The average Bonchev–Trinajstić information content (AvgIpc) is 3.11. The molecule has 2 aromatic carbocycles. The van der Waals surface area contributed by atoms with Gasteiger partial charge < -0.3 is 5.32 Å². The Bertz CT molecular complexity index is 1390. The van der Waals surface area contributed by atoms with E-state index in [0.29, 0.717) is 15.9 Å². The number of anilines is 1. The second kappa shape index (κ2) is 8.76. The number of thiophene rings is 1. The Morgan fingerprint density at radius 3 is 2.50 bits per heavy atom. The Labute approximate surface area is 188 Å². The van der Waals surface area contributed by atoms with E-state index in [1.165, 1.54) is 22.2 Å². The minimum Gasteiger partial charge on any atom is -0.307 e. The van der Waals surface area contributed by atoms with Crippen LogP contribution >= 0.6 is 11.3 Å². The minimum absolute atomic E-state index is 0.308. The van der Waals surface area contributed by atoms with Crippen LogP contribution in [0.3, 0.4) is 0 Å². The van der Waals surface area contributed by atoms with E-state index in [0.717, 1.165) is 27.1 Å². The van der Waals surface area contributed by atoms with Gasteiger partial charge in [-0.1, -0.05) is 42.5 Å². The summed E-state index contributed by atoms with van der Waals surface area (Å²) in [5, 5.41) is 5.43. The van der Waals surface area contributed by atoms with Crippen molar-refractivity contribution in [2.75, 3.05) is 5.32 Å². The Balaban J connectivity index is 1.53. The monoisotopic (exact) mass is 446 g/mol. The summed E-state index contributed by atoms with van der Waals surface area (Å²) in [6.07, 6.45) is 1.34. The summed E-state index contributed by atoms with van der Waals surface area (Å²) in [6, 6.07) is 14.7. The first kappa shape index (κ1) is 21.5. The Kier molecular flexibility index (Phi) is 5.87. The van der Waals surface area contributed by atoms with Crippen LogP contribution in [0.25, 0.3) is 20.7 Å². The van der Waals surface area contributed by atoms with Gasteiger partial charge in [0.15, 0.2) is 0 Å². The van der Waals surface area contributed by atoms with E-state index < -0.39 is 11.9 Å². The molecule has 32 heavy (non-hydrogen) atoms. The minimum atomic E-state index is -0.649. The standard InChI is InChI=1S/C24H22N4O3S/c1-14-8-7-11-18(15(14)2)26-24(31)27-19(29)12-28-13-25-22-20(23(28)30)16(3)21(32-22)17-9-5-4-6-10-17/h4-11,13H,12H2,1-3H3,(H2,26,27,29,31). The van der Waals surface area contributed by atoms with Gasteiger partial charge in [-0.15, -0.1) is 11.3 Å². The van der Waals surface area contributed by atoms with E-state index in [4.69, 9.17) is 0 Å². The van der Waals surface area contributed by atoms with Crippen LogP contribution in [0.1, 0.15) is 16.7 Å². The lowest BCUT2D eigenvalue weighted by Gasteiger charge is -2.11. The highest BCUT2D eigenvalue weighted by Crippen LogP contribution is 2.35. The summed E-state index contributed by atoms with van der Waals surface area (Å²) in [4.78, 5) is 43.7. The van der Waals surface area contributed by atoms with E-state index in [-0.39, 0.29) is 12.1 Å². The second-order valence-electron chi connectivity index (χ2n) is 7.53. The fourth-order valence-electron chi connectivity index (χ4n) is 3.50. The number of imide groups is 1. The predicted octanol–water partition coefficient (Wildman–Crippen LogP) is 4.40. The maximum Gasteiger partial charge on any atom is 0.325 e. The van der Waals surface area contributed by atoms with E-state index in [1.807, 2.05) is 63.2 Å². The molecule has 162 valence electrons. The molecular weight excluding hydrogens is 424 g/mol. The summed E-state index contributed by atoms with van der Waals surface area (Å²) >= 11 is 1.44. The molecule has 7 nitrogen and oxygen atoms in total. The van der Waals surface area contributed by atoms with Gasteiger partial charge in [0.05, 0.1) is 11.7 Å². The molecule has 0 saturated carbocycles. The molecule has 0 radical (unpaired) electrons. The lowest BCUT2D eigenvalue weighted by molar-refractivity contribution is -0.120. The Morgan fingerprint density at radius 1 is 1.00 bits per heavy atom. The fourth-order valence-corrected chi connectivity index (χ4v) is 4.64. The molecule has 0 fully saturated rings. The molecule has 2 aromatic heterocycles. The molecular formula is C24H22N4O3S. The van der Waals surface area contributed by atoms with Crippen molar-refractivity contribution in [1.82, 2.24) is 14.9 Å². The summed E-state index contributed by atoms with van der Waals surface area (Å²) in [7, 11) is 0. The van der Waals surface area contributed by atoms with Gasteiger partial charge in [-0.05, 0) is 49.1 Å². The SMILES string of the molecule is Cc1cccc(NC(=O)NC(=O)Cn2cnc3sc(-c4ccccc4)c(C)c3c2=O)c1C. The quantitative estimate of drug-likeness (QED) is 0.486. The highest BCUT2D eigenvalue weighted by molar-refractivity contribution is 7.22. The van der Waals surface area contributed by atoms with Crippen LogP contribution in [0.2, 0.25) is 0 Å². The molecule has 0 unspecified atom stereocenters. The van der Waals surface area contributed by atoms with Crippen molar-refractivity contribution >= 4 is 39.2 Å². The highest BCUT2D eigenvalue weighted by atomic mass is 32.1. The number of aromatic nitrogens is 2. The molecule has 0 saturated heterocycles. The third-order valence-electron chi connectivity index (χ3n) is 5.37. The predicted molar refractivity (Wildman–Crippen MR) is 127 cm³/mol. The Morgan fingerprint density at radius 2 is 1.75 bits per heavy atom. The summed E-state index contributed by atoms with van der Waals surface area (Å²) in [5.41, 5.74) is 4.11. The fraction of sp³-hybridized carbons (Fsp3) is 0.167. The molecule has 4 aromatic rings. The van der Waals surface area contributed by atoms with Gasteiger partial charge in [0, 0.05) is 10.6 Å². The molecule has 0 atom stereocenters. The van der Waals surface area contributed by atoms with Crippen LogP contribution < -0.4 is 16.2 Å². The third kappa shape index (κ3) is 4.17. The van der Waals surface area contributed by atoms with Crippen LogP contribution in [0.5, 0.6) is 0 Å². The van der Waals surface area contributed by atoms with Gasteiger partial charge in [0.1, 0.15) is 11.4 Å². The number of amides is 3. The number of benzene rings is 2. The van der Waals surface area contributed by atoms with Crippen molar-refractivity contribution in [1.29, 1.82) is 0 Å². The summed E-state index contributed by atoms with van der Waals surface area (Å²) < 4.78 is 1.22. The maximum absolute atomic E-state index is 13.0. The number of nitrogens with one attached hydrogen (secondary N) is 2. The molecule has 2 heterocycles. The first-order valence-electron chi connectivity index (χ1n) is 10.1. The molecule has 0 spiro atoms. The first-order chi connectivity index (χ1) is 15.3. The zero-order valence-electron chi connectivity index (χ0n) is 17.9. The zero-order valence-corrected chi connectivity index (χ0v) is 18.7. The maximum atomic E-state index is 13.0. The summed E-state index contributed by atoms with van der Waals surface area (Å²) in [5.74, 6) is -0.604. The number of nitrogens with zero attached hydrogens (tertiary/aromatic N) is 2. The molecule has 0 aliphatic carbocycles. The topological polar surface area (TPSA) is 93.1 Å². The molecule has 2 N–H and O–H groups in total. The number of fused-ring (bicyclic) bond motifs is 1. The van der Waals surface area contributed by atoms with Gasteiger partial charge in [0.2, 0.25) is 5.91 Å². The molecule has 0 aliphatic rings. The van der Waals surface area contributed by atoms with Gasteiger partial charge in [-0.25, -0.2) is 9.78 Å². The number of aryl methyl sites for hydroxylation is 2. The number of carbonyl (C=O) groups is 2. The lowest BCUT2D eigenvalue weighted by atomic mass is 10.1. The average molecular weight is 447 g/mol. The number of carbonyl (C=O) groups excluding carboxylic acids is 2. The second-order valence-corrected chi connectivity index (χ2v) is 8.53. The number of rotatable bonds is 4. The summed E-state index contributed by atoms with van der Waals surface area (Å²) in [6.45, 7) is 5.40. The number of hydrogen-bond donors (Lipinski definition) is 2. The number of hydrogen-bond acceptors (Lipinski definition) is 5. The van der Waals surface area contributed by atoms with Crippen LogP contribution in [-0.4, -0.2) is 21.5 Å². The molecule has 0 aliphatic heterocycles. The van der Waals surface area contributed by atoms with E-state index in [1.54, 1.807) is 6.07 Å². The smallest absolute Gasteiger partial charge is 0.307 e. The zero-order chi connectivity index (χ0) is 22.8. The Hall–Kier alpha value is -3.78. The van der Waals surface area contributed by atoms with Crippen molar-refractivity contribution in [3.05, 3.63) is 81.9 Å². The van der Waals surface area contributed by atoms with Crippen LogP contribution in [-0.2, 0) is 11.3 Å². The first-order valence-corrected chi connectivity index (χ1v) is 10.9. The molecule has 0 bridgehead atoms. The van der Waals surface area contributed by atoms with Crippen molar-refractivity contribution in [3.8, 4) is 10.4 Å². The normalized spacial score (nSPS) is 10.8. The molecule has 4 rings (SSSR count). The van der Waals surface area contributed by atoms with E-state index in [9.17, 15) is 14.4 Å². The van der Waals surface area contributed by atoms with Crippen molar-refractivity contribution < 1.29 is 9.59 Å². The van der Waals surface area contributed by atoms with Crippen molar-refractivity contribution in [3.63, 3.8) is 0 Å². The highest BCUT2D eigenvalue weighted by Gasteiger charge is 2.17. The van der Waals surface area contributed by atoms with Gasteiger partial charge >= 0.3 is 6.03 Å². The van der Waals surface area contributed by atoms with Crippen molar-refractivity contribution in [2.24, 2.45) is 0 Å². The lowest BCUT2D eigenvalue weighted by Crippen LogP contribution is -2.38. The van der Waals surface area contributed by atoms with E-state index in [2.05, 4.69) is 15.6 Å². The van der Waals surface area contributed by atoms with Crippen LogP contribution in [0.4, 0.5) is 10.5 Å². The van der Waals surface area contributed by atoms with Gasteiger partial charge in [-0.3, -0.25) is 19.5 Å². The van der Waals surface area contributed by atoms with Crippen LogP contribution in [0, 0.1) is 20.8 Å².